The predicted molar refractivity (Wildman–Crippen MR) is 68.7 cm³/mol. The SMILES string of the molecule is Cc1ccc(F)cc1C(O)C(C)c1ccccn1. The van der Waals surface area contributed by atoms with Crippen LogP contribution in [0.5, 0.6) is 0 Å². The number of rotatable bonds is 3. The smallest absolute Gasteiger partial charge is 0.123 e. The van der Waals surface area contributed by atoms with Crippen LogP contribution in [-0.2, 0) is 0 Å². The van der Waals surface area contributed by atoms with Crippen LogP contribution in [0.1, 0.15) is 35.8 Å². The summed E-state index contributed by atoms with van der Waals surface area (Å²) in [5.74, 6) is -0.505. The van der Waals surface area contributed by atoms with E-state index in [-0.39, 0.29) is 11.7 Å². The summed E-state index contributed by atoms with van der Waals surface area (Å²) < 4.78 is 13.2. The summed E-state index contributed by atoms with van der Waals surface area (Å²) in [5.41, 5.74) is 2.30. The Kier molecular flexibility index (Phi) is 3.72. The molecule has 2 atom stereocenters. The lowest BCUT2D eigenvalue weighted by Gasteiger charge is -2.20. The summed E-state index contributed by atoms with van der Waals surface area (Å²) in [6, 6.07) is 10.0. The second-order valence-electron chi connectivity index (χ2n) is 4.49. The van der Waals surface area contributed by atoms with Gasteiger partial charge in [-0.15, -0.1) is 0 Å². The Morgan fingerprint density at radius 3 is 2.67 bits per heavy atom. The van der Waals surface area contributed by atoms with Crippen molar-refractivity contribution in [2.45, 2.75) is 25.9 Å². The van der Waals surface area contributed by atoms with Crippen molar-refractivity contribution in [3.05, 3.63) is 65.2 Å². The molecular weight excluding hydrogens is 229 g/mol. The molecule has 2 unspecified atom stereocenters. The molecule has 2 nitrogen and oxygen atoms in total. The number of hydrogen-bond donors (Lipinski definition) is 1. The molecule has 1 heterocycles. The first kappa shape index (κ1) is 12.7. The standard InChI is InChI=1S/C15H16FNO/c1-10-6-7-12(16)9-13(10)15(18)11(2)14-5-3-4-8-17-14/h3-9,11,15,18H,1-2H3. The van der Waals surface area contributed by atoms with Crippen molar-refractivity contribution in [1.29, 1.82) is 0 Å². The molecular formula is C15H16FNO. The summed E-state index contributed by atoms with van der Waals surface area (Å²) in [5, 5.41) is 10.3. The molecule has 3 heteroatoms. The first-order valence-electron chi connectivity index (χ1n) is 5.94. The third-order valence-corrected chi connectivity index (χ3v) is 3.19. The molecule has 0 spiro atoms. The molecule has 0 bridgehead atoms. The second-order valence-corrected chi connectivity index (χ2v) is 4.49. The molecule has 0 radical (unpaired) electrons. The van der Waals surface area contributed by atoms with Gasteiger partial charge in [0.2, 0.25) is 0 Å². The minimum Gasteiger partial charge on any atom is -0.388 e. The second kappa shape index (κ2) is 5.27. The lowest BCUT2D eigenvalue weighted by atomic mass is 9.91. The third-order valence-electron chi connectivity index (χ3n) is 3.19. The van der Waals surface area contributed by atoms with Crippen LogP contribution in [0.4, 0.5) is 4.39 Å². The van der Waals surface area contributed by atoms with Crippen LogP contribution >= 0.6 is 0 Å². The zero-order valence-electron chi connectivity index (χ0n) is 10.5. The number of nitrogens with zero attached hydrogens (tertiary/aromatic N) is 1. The van der Waals surface area contributed by atoms with Gasteiger partial charge >= 0.3 is 0 Å². The Morgan fingerprint density at radius 1 is 1.22 bits per heavy atom. The molecule has 0 amide bonds. The monoisotopic (exact) mass is 245 g/mol. The highest BCUT2D eigenvalue weighted by Gasteiger charge is 2.21. The van der Waals surface area contributed by atoms with Gasteiger partial charge in [-0.3, -0.25) is 4.98 Å². The molecule has 94 valence electrons. The normalized spacial score (nSPS) is 14.2. The number of aliphatic hydroxyl groups is 1. The van der Waals surface area contributed by atoms with Gasteiger partial charge in [0.05, 0.1) is 6.10 Å². The van der Waals surface area contributed by atoms with Crippen LogP contribution in [0.25, 0.3) is 0 Å². The molecule has 0 aliphatic rings. The van der Waals surface area contributed by atoms with E-state index in [9.17, 15) is 9.50 Å². The van der Waals surface area contributed by atoms with E-state index >= 15 is 0 Å². The topological polar surface area (TPSA) is 33.1 Å². The Labute approximate surface area is 106 Å². The fraction of sp³-hybridized carbons (Fsp3) is 0.267. The van der Waals surface area contributed by atoms with Crippen molar-refractivity contribution in [3.63, 3.8) is 0 Å². The summed E-state index contributed by atoms with van der Waals surface area (Å²) in [4.78, 5) is 4.22. The maximum Gasteiger partial charge on any atom is 0.123 e. The average Bonchev–Trinajstić information content (AvgIpc) is 2.41. The van der Waals surface area contributed by atoms with Gasteiger partial charge in [0, 0.05) is 17.8 Å². The van der Waals surface area contributed by atoms with Crippen molar-refractivity contribution < 1.29 is 9.50 Å². The van der Waals surface area contributed by atoms with Gasteiger partial charge in [0.15, 0.2) is 0 Å². The van der Waals surface area contributed by atoms with Gasteiger partial charge in [-0.1, -0.05) is 19.1 Å². The lowest BCUT2D eigenvalue weighted by Crippen LogP contribution is -2.10. The zero-order valence-corrected chi connectivity index (χ0v) is 10.5. The molecule has 1 N–H and O–H groups in total. The Balaban J connectivity index is 2.31. The van der Waals surface area contributed by atoms with E-state index in [1.165, 1.54) is 12.1 Å². The number of benzene rings is 1. The maximum absolute atomic E-state index is 13.2. The van der Waals surface area contributed by atoms with Gasteiger partial charge in [-0.25, -0.2) is 4.39 Å². The van der Waals surface area contributed by atoms with Gasteiger partial charge in [-0.05, 0) is 42.3 Å². The summed E-state index contributed by atoms with van der Waals surface area (Å²) >= 11 is 0. The maximum atomic E-state index is 13.2. The fourth-order valence-electron chi connectivity index (χ4n) is 2.01. The van der Waals surface area contributed by atoms with Gasteiger partial charge in [-0.2, -0.15) is 0 Å². The highest BCUT2D eigenvalue weighted by atomic mass is 19.1. The summed E-state index contributed by atoms with van der Waals surface area (Å²) in [7, 11) is 0. The van der Waals surface area contributed by atoms with Crippen LogP contribution in [0.15, 0.2) is 42.6 Å². The lowest BCUT2D eigenvalue weighted by molar-refractivity contribution is 0.149. The highest BCUT2D eigenvalue weighted by molar-refractivity contribution is 5.30. The first-order chi connectivity index (χ1) is 8.59. The van der Waals surface area contributed by atoms with Crippen LogP contribution < -0.4 is 0 Å². The van der Waals surface area contributed by atoms with E-state index in [1.807, 2.05) is 32.0 Å². The molecule has 1 aromatic carbocycles. The number of halogens is 1. The molecule has 0 aliphatic carbocycles. The summed E-state index contributed by atoms with van der Waals surface area (Å²) in [6.07, 6.45) is 0.937. The molecule has 2 aromatic rings. The average molecular weight is 245 g/mol. The fourth-order valence-corrected chi connectivity index (χ4v) is 2.01. The molecule has 0 fully saturated rings. The van der Waals surface area contributed by atoms with Crippen molar-refractivity contribution in [1.82, 2.24) is 4.98 Å². The van der Waals surface area contributed by atoms with Gasteiger partial charge < -0.3 is 5.11 Å². The van der Waals surface area contributed by atoms with Crippen LogP contribution in [0.3, 0.4) is 0 Å². The van der Waals surface area contributed by atoms with Gasteiger partial charge in [0.1, 0.15) is 5.82 Å². The van der Waals surface area contributed by atoms with Crippen molar-refractivity contribution in [3.8, 4) is 0 Å². The molecule has 0 aliphatic heterocycles. The highest BCUT2D eigenvalue weighted by Crippen LogP contribution is 2.31. The number of aromatic nitrogens is 1. The van der Waals surface area contributed by atoms with Crippen molar-refractivity contribution in [2.24, 2.45) is 0 Å². The number of aliphatic hydroxyl groups excluding tert-OH is 1. The Bertz CT molecular complexity index is 527. The Morgan fingerprint density at radius 2 is 2.00 bits per heavy atom. The zero-order chi connectivity index (χ0) is 13.1. The third kappa shape index (κ3) is 2.57. The van der Waals surface area contributed by atoms with E-state index in [0.29, 0.717) is 5.56 Å². The van der Waals surface area contributed by atoms with Crippen LogP contribution in [0.2, 0.25) is 0 Å². The largest absolute Gasteiger partial charge is 0.388 e. The van der Waals surface area contributed by atoms with E-state index in [2.05, 4.69) is 4.98 Å². The predicted octanol–water partition coefficient (Wildman–Crippen LogP) is 3.37. The molecule has 0 saturated heterocycles. The number of aryl methyl sites for hydroxylation is 1. The molecule has 1 aromatic heterocycles. The minimum atomic E-state index is -0.754. The first-order valence-corrected chi connectivity index (χ1v) is 5.94. The number of hydrogen-bond acceptors (Lipinski definition) is 2. The van der Waals surface area contributed by atoms with E-state index in [1.54, 1.807) is 12.3 Å². The van der Waals surface area contributed by atoms with Crippen LogP contribution in [0, 0.1) is 12.7 Å². The van der Waals surface area contributed by atoms with Crippen molar-refractivity contribution in [2.75, 3.05) is 0 Å². The summed E-state index contributed by atoms with van der Waals surface area (Å²) in [6.45, 7) is 3.75. The van der Waals surface area contributed by atoms with E-state index in [0.717, 1.165) is 11.3 Å². The number of pyridine rings is 1. The molecule has 18 heavy (non-hydrogen) atoms. The Hall–Kier alpha value is -1.74. The quantitative estimate of drug-likeness (QED) is 0.899. The van der Waals surface area contributed by atoms with E-state index in [4.69, 9.17) is 0 Å². The van der Waals surface area contributed by atoms with E-state index < -0.39 is 6.10 Å². The van der Waals surface area contributed by atoms with Crippen molar-refractivity contribution >= 4 is 0 Å². The van der Waals surface area contributed by atoms with Crippen LogP contribution in [-0.4, -0.2) is 10.1 Å². The van der Waals surface area contributed by atoms with Gasteiger partial charge in [0.25, 0.3) is 0 Å². The molecule has 0 saturated carbocycles. The minimum absolute atomic E-state index is 0.174. The molecule has 2 rings (SSSR count).